The maximum atomic E-state index is 12.2. The van der Waals surface area contributed by atoms with Crippen molar-refractivity contribution in [3.63, 3.8) is 0 Å². The quantitative estimate of drug-likeness (QED) is 0.430. The fourth-order valence-corrected chi connectivity index (χ4v) is 3.67. The molecule has 2 N–H and O–H groups in total. The highest BCUT2D eigenvalue weighted by molar-refractivity contribution is 5.87. The van der Waals surface area contributed by atoms with E-state index < -0.39 is 17.0 Å². The third-order valence-corrected chi connectivity index (χ3v) is 4.84. The SMILES string of the molecule is COC(=O)[C@@H]1Cc2c([nH]c3ccccc23)[C@H](c2ccccc2[N+](=O)[O-])N1. The molecule has 3 aromatic rings. The lowest BCUT2D eigenvalue weighted by Crippen LogP contribution is -2.45. The number of carbonyl (C=O) groups excluding carboxylic acids is 1. The van der Waals surface area contributed by atoms with Crippen LogP contribution in [0.5, 0.6) is 0 Å². The molecule has 0 amide bonds. The summed E-state index contributed by atoms with van der Waals surface area (Å²) in [7, 11) is 1.34. The molecule has 0 saturated carbocycles. The number of benzene rings is 2. The predicted octanol–water partition coefficient (Wildman–Crippen LogP) is 2.85. The molecule has 0 saturated heterocycles. The van der Waals surface area contributed by atoms with Gasteiger partial charge in [0.05, 0.1) is 23.6 Å². The van der Waals surface area contributed by atoms with Gasteiger partial charge in [-0.15, -0.1) is 0 Å². The normalized spacial score (nSPS) is 19.1. The average molecular weight is 351 g/mol. The second-order valence-corrected chi connectivity index (χ2v) is 6.26. The summed E-state index contributed by atoms with van der Waals surface area (Å²) in [6, 6.07) is 13.3. The van der Waals surface area contributed by atoms with E-state index >= 15 is 0 Å². The molecule has 2 heterocycles. The van der Waals surface area contributed by atoms with Gasteiger partial charge in [-0.1, -0.05) is 36.4 Å². The number of esters is 1. The van der Waals surface area contributed by atoms with E-state index in [9.17, 15) is 14.9 Å². The van der Waals surface area contributed by atoms with Crippen molar-refractivity contribution in [1.29, 1.82) is 0 Å². The van der Waals surface area contributed by atoms with Crippen molar-refractivity contribution in [2.75, 3.05) is 7.11 Å². The molecular weight excluding hydrogens is 334 g/mol. The first-order chi connectivity index (χ1) is 12.6. The van der Waals surface area contributed by atoms with Crippen LogP contribution in [-0.4, -0.2) is 29.0 Å². The van der Waals surface area contributed by atoms with Crippen LogP contribution in [-0.2, 0) is 16.0 Å². The molecule has 4 rings (SSSR count). The smallest absolute Gasteiger partial charge is 0.323 e. The highest BCUT2D eigenvalue weighted by atomic mass is 16.6. The van der Waals surface area contributed by atoms with E-state index in [-0.39, 0.29) is 11.7 Å². The summed E-state index contributed by atoms with van der Waals surface area (Å²) in [5.41, 5.74) is 3.30. The van der Waals surface area contributed by atoms with E-state index in [1.807, 2.05) is 24.3 Å². The van der Waals surface area contributed by atoms with E-state index in [0.717, 1.165) is 22.2 Å². The first kappa shape index (κ1) is 16.3. The molecule has 2 atom stereocenters. The molecule has 1 aromatic heterocycles. The summed E-state index contributed by atoms with van der Waals surface area (Å²) < 4.78 is 4.91. The molecule has 1 aliphatic heterocycles. The zero-order valence-corrected chi connectivity index (χ0v) is 14.1. The Bertz CT molecular complexity index is 1010. The number of aromatic amines is 1. The van der Waals surface area contributed by atoms with Gasteiger partial charge in [0.15, 0.2) is 0 Å². The molecule has 0 radical (unpaired) electrons. The molecule has 7 nitrogen and oxygen atoms in total. The maximum absolute atomic E-state index is 12.2. The number of fused-ring (bicyclic) bond motifs is 3. The van der Waals surface area contributed by atoms with Crippen LogP contribution in [0.3, 0.4) is 0 Å². The minimum atomic E-state index is -0.573. The van der Waals surface area contributed by atoms with Crippen LogP contribution in [0.15, 0.2) is 48.5 Å². The van der Waals surface area contributed by atoms with Crippen LogP contribution in [0, 0.1) is 10.1 Å². The van der Waals surface area contributed by atoms with Gasteiger partial charge < -0.3 is 9.72 Å². The third-order valence-electron chi connectivity index (χ3n) is 4.84. The number of nitrogens with zero attached hydrogens (tertiary/aromatic N) is 1. The summed E-state index contributed by atoms with van der Waals surface area (Å²) in [6.45, 7) is 0. The first-order valence-corrected chi connectivity index (χ1v) is 8.27. The second-order valence-electron chi connectivity index (χ2n) is 6.26. The monoisotopic (exact) mass is 351 g/mol. The Morgan fingerprint density at radius 3 is 2.69 bits per heavy atom. The van der Waals surface area contributed by atoms with Crippen LogP contribution < -0.4 is 5.32 Å². The van der Waals surface area contributed by atoms with Gasteiger partial charge >= 0.3 is 5.97 Å². The summed E-state index contributed by atoms with van der Waals surface area (Å²) in [4.78, 5) is 26.7. The van der Waals surface area contributed by atoms with Crippen molar-refractivity contribution in [3.8, 4) is 0 Å². The number of para-hydroxylation sites is 2. The van der Waals surface area contributed by atoms with Crippen molar-refractivity contribution in [2.24, 2.45) is 0 Å². The Hall–Kier alpha value is -3.19. The van der Waals surface area contributed by atoms with E-state index in [1.165, 1.54) is 13.2 Å². The topological polar surface area (TPSA) is 97.3 Å². The number of ether oxygens (including phenoxy) is 1. The van der Waals surface area contributed by atoms with Crippen molar-refractivity contribution in [3.05, 3.63) is 75.5 Å². The molecule has 0 fully saturated rings. The van der Waals surface area contributed by atoms with Gasteiger partial charge in [-0.25, -0.2) is 0 Å². The molecule has 1 aliphatic rings. The van der Waals surface area contributed by atoms with Crippen molar-refractivity contribution < 1.29 is 14.5 Å². The Morgan fingerprint density at radius 2 is 1.92 bits per heavy atom. The molecule has 0 aliphatic carbocycles. The zero-order valence-electron chi connectivity index (χ0n) is 14.1. The molecule has 132 valence electrons. The molecule has 0 spiro atoms. The Labute approximate surface area is 149 Å². The van der Waals surface area contributed by atoms with Gasteiger partial charge in [-0.2, -0.15) is 0 Å². The average Bonchev–Trinajstić information content (AvgIpc) is 3.05. The number of aromatic nitrogens is 1. The number of H-pyrrole nitrogens is 1. The lowest BCUT2D eigenvalue weighted by molar-refractivity contribution is -0.385. The lowest BCUT2D eigenvalue weighted by Gasteiger charge is -2.30. The summed E-state index contributed by atoms with van der Waals surface area (Å²) in [5.74, 6) is -0.385. The number of nitro benzene ring substituents is 1. The Balaban J connectivity index is 1.92. The number of hydrogen-bond acceptors (Lipinski definition) is 5. The van der Waals surface area contributed by atoms with Gasteiger partial charge in [0, 0.05) is 29.1 Å². The van der Waals surface area contributed by atoms with Gasteiger partial charge in [-0.05, 0) is 11.6 Å². The van der Waals surface area contributed by atoms with Crippen molar-refractivity contribution >= 4 is 22.6 Å². The van der Waals surface area contributed by atoms with Gasteiger partial charge in [0.25, 0.3) is 5.69 Å². The number of hydrogen-bond donors (Lipinski definition) is 2. The van der Waals surface area contributed by atoms with Gasteiger partial charge in [-0.3, -0.25) is 20.2 Å². The summed E-state index contributed by atoms with van der Waals surface area (Å²) >= 11 is 0. The Morgan fingerprint density at radius 1 is 1.19 bits per heavy atom. The van der Waals surface area contributed by atoms with Crippen LogP contribution in [0.4, 0.5) is 5.69 Å². The number of rotatable bonds is 3. The fraction of sp³-hybridized carbons (Fsp3) is 0.211. The minimum absolute atomic E-state index is 0.0140. The van der Waals surface area contributed by atoms with E-state index in [1.54, 1.807) is 18.2 Å². The lowest BCUT2D eigenvalue weighted by atomic mass is 9.89. The summed E-state index contributed by atoms with van der Waals surface area (Å²) in [5, 5.41) is 15.7. The maximum Gasteiger partial charge on any atom is 0.323 e. The number of nitrogens with one attached hydrogen (secondary N) is 2. The summed E-state index contributed by atoms with van der Waals surface area (Å²) in [6.07, 6.45) is 0.461. The number of methoxy groups -OCH3 is 1. The number of carbonyl (C=O) groups is 1. The van der Waals surface area contributed by atoms with E-state index in [4.69, 9.17) is 4.74 Å². The van der Waals surface area contributed by atoms with E-state index in [0.29, 0.717) is 12.0 Å². The molecule has 7 heteroatoms. The van der Waals surface area contributed by atoms with Crippen LogP contribution in [0.2, 0.25) is 0 Å². The van der Waals surface area contributed by atoms with Crippen LogP contribution in [0.1, 0.15) is 22.9 Å². The molecular formula is C19H17N3O4. The molecule has 2 aromatic carbocycles. The largest absolute Gasteiger partial charge is 0.468 e. The van der Waals surface area contributed by atoms with Crippen LogP contribution in [0.25, 0.3) is 10.9 Å². The molecule has 0 bridgehead atoms. The number of nitro groups is 1. The van der Waals surface area contributed by atoms with Crippen molar-refractivity contribution in [2.45, 2.75) is 18.5 Å². The zero-order chi connectivity index (χ0) is 18.3. The van der Waals surface area contributed by atoms with Crippen LogP contribution >= 0.6 is 0 Å². The molecule has 26 heavy (non-hydrogen) atoms. The fourth-order valence-electron chi connectivity index (χ4n) is 3.67. The highest BCUT2D eigenvalue weighted by Gasteiger charge is 2.36. The third kappa shape index (κ3) is 2.53. The van der Waals surface area contributed by atoms with E-state index in [2.05, 4.69) is 10.3 Å². The Kier molecular flexibility index (Phi) is 3.93. The van der Waals surface area contributed by atoms with Gasteiger partial charge in [0.2, 0.25) is 0 Å². The predicted molar refractivity (Wildman–Crippen MR) is 95.9 cm³/mol. The first-order valence-electron chi connectivity index (χ1n) is 8.27. The standard InChI is InChI=1S/C19H17N3O4/c1-26-19(23)15-10-13-11-6-2-4-8-14(11)20-18(13)17(21-15)12-7-3-5-9-16(12)22(24)25/h2-9,15,17,20-21H,10H2,1H3/t15-,17-/m0/s1. The van der Waals surface area contributed by atoms with Gasteiger partial charge in [0.1, 0.15) is 6.04 Å². The molecule has 0 unspecified atom stereocenters. The highest BCUT2D eigenvalue weighted by Crippen LogP contribution is 2.38. The second kappa shape index (κ2) is 6.27. The minimum Gasteiger partial charge on any atom is -0.468 e. The van der Waals surface area contributed by atoms with Crippen molar-refractivity contribution in [1.82, 2.24) is 10.3 Å².